The van der Waals surface area contributed by atoms with Gasteiger partial charge in [0.25, 0.3) is 0 Å². The van der Waals surface area contributed by atoms with Gasteiger partial charge in [0.2, 0.25) is 0 Å². The Balaban J connectivity index is 1.79. The number of amides is 1. The van der Waals surface area contributed by atoms with Crippen LogP contribution in [0.15, 0.2) is 23.3 Å². The number of aliphatic hydroxyl groups excluding tert-OH is 3. The highest BCUT2D eigenvalue weighted by Crippen LogP contribution is 2.63. The van der Waals surface area contributed by atoms with Crippen molar-refractivity contribution in [3.8, 4) is 0 Å². The Morgan fingerprint density at radius 2 is 1.77 bits per heavy atom. The Morgan fingerprint density at radius 3 is 2.30 bits per heavy atom. The summed E-state index contributed by atoms with van der Waals surface area (Å²) < 4.78 is 22.1. The van der Waals surface area contributed by atoms with Crippen LogP contribution in [0.4, 0.5) is 4.79 Å². The summed E-state index contributed by atoms with van der Waals surface area (Å²) in [4.78, 5) is 52.8. The first kappa shape index (κ1) is 36.9. The molecule has 2 saturated carbocycles. The van der Waals surface area contributed by atoms with Crippen molar-refractivity contribution in [3.05, 3.63) is 23.3 Å². The van der Waals surface area contributed by atoms with Crippen LogP contribution in [0.5, 0.6) is 0 Å². The number of nitrogens with one attached hydrogen (secondary N) is 1. The number of alkyl carbamates (subject to hydrolysis) is 1. The Kier molecular flexibility index (Phi) is 10.1. The molecule has 6 N–H and O–H groups in total. The van der Waals surface area contributed by atoms with Crippen LogP contribution >= 0.6 is 0 Å². The maximum absolute atomic E-state index is 14.3. The molecule has 4 rings (SSSR count). The molecule has 1 saturated heterocycles. The smallest absolute Gasteiger partial charge is 0.407 e. The molecule has 0 radical (unpaired) electrons. The Hall–Kier alpha value is -2.88. The minimum atomic E-state index is -2.21. The van der Waals surface area contributed by atoms with E-state index in [4.69, 9.17) is 18.9 Å². The third-order valence-electron chi connectivity index (χ3n) is 11.1. The number of allylic oxidation sites excluding steroid dienone is 1. The average molecular weight is 668 g/mol. The van der Waals surface area contributed by atoms with E-state index < -0.39 is 107 Å². The van der Waals surface area contributed by atoms with E-state index in [1.165, 1.54) is 13.8 Å². The molecule has 0 aromatic heterocycles. The topological polar surface area (TPSA) is 218 Å². The number of Topliss-reactive ketones (excluding diaryl/α,β-unsaturated/α-hetero) is 1. The van der Waals surface area contributed by atoms with E-state index in [1.807, 2.05) is 0 Å². The lowest BCUT2D eigenvalue weighted by Crippen LogP contribution is -2.81. The van der Waals surface area contributed by atoms with Crippen molar-refractivity contribution in [1.82, 2.24) is 5.32 Å². The average Bonchev–Trinajstić information content (AvgIpc) is 2.97. The quantitative estimate of drug-likeness (QED) is 0.118. The van der Waals surface area contributed by atoms with Crippen LogP contribution in [0, 0.1) is 22.7 Å². The van der Waals surface area contributed by atoms with Crippen molar-refractivity contribution >= 4 is 23.8 Å². The van der Waals surface area contributed by atoms with E-state index in [1.54, 1.807) is 46.8 Å². The third-order valence-corrected chi connectivity index (χ3v) is 11.1. The van der Waals surface area contributed by atoms with Gasteiger partial charge in [-0.15, -0.1) is 0 Å². The summed E-state index contributed by atoms with van der Waals surface area (Å²) in [6, 6.07) is -1.14. The summed E-state index contributed by atoms with van der Waals surface area (Å²) in [5.74, 6) is -4.80. The zero-order chi connectivity index (χ0) is 35.4. The monoisotopic (exact) mass is 667 g/mol. The van der Waals surface area contributed by atoms with Gasteiger partial charge >= 0.3 is 18.0 Å². The van der Waals surface area contributed by atoms with E-state index >= 15 is 0 Å². The molecule has 14 nitrogen and oxygen atoms in total. The summed E-state index contributed by atoms with van der Waals surface area (Å²) >= 11 is 0. The van der Waals surface area contributed by atoms with E-state index in [-0.39, 0.29) is 30.8 Å². The predicted octanol–water partition coefficient (Wildman–Crippen LogP) is 0.456. The molecule has 0 aromatic carbocycles. The Morgan fingerprint density at radius 1 is 1.13 bits per heavy atom. The molecule has 3 aliphatic carbocycles. The second-order valence-corrected chi connectivity index (χ2v) is 14.4. The molecule has 3 fully saturated rings. The van der Waals surface area contributed by atoms with E-state index in [2.05, 4.69) is 5.32 Å². The molecule has 4 aliphatic rings. The van der Waals surface area contributed by atoms with Gasteiger partial charge in [-0.2, -0.15) is 0 Å². The molecular weight excluding hydrogens is 618 g/mol. The zero-order valence-electron chi connectivity index (χ0n) is 28.2. The van der Waals surface area contributed by atoms with Gasteiger partial charge in [-0.25, -0.2) is 9.59 Å². The molecule has 264 valence electrons. The highest BCUT2D eigenvalue weighted by atomic mass is 16.6. The predicted molar refractivity (Wildman–Crippen MR) is 163 cm³/mol. The molecule has 0 aromatic rings. The highest BCUT2D eigenvalue weighted by Gasteiger charge is 2.76. The number of aliphatic hydroxyl groups is 5. The lowest BCUT2D eigenvalue weighted by Gasteiger charge is -2.66. The van der Waals surface area contributed by atoms with Crippen LogP contribution in [0.3, 0.4) is 0 Å². The van der Waals surface area contributed by atoms with Crippen molar-refractivity contribution in [1.29, 1.82) is 0 Å². The number of esters is 2. The maximum atomic E-state index is 14.3. The number of carbonyl (C=O) groups excluding carboxylic acids is 4. The fraction of sp³-hybridized carbons (Fsp3) is 0.758. The van der Waals surface area contributed by atoms with Crippen LogP contribution in [-0.2, 0) is 33.3 Å². The van der Waals surface area contributed by atoms with Gasteiger partial charge in [0.1, 0.15) is 36.1 Å². The highest BCUT2D eigenvalue weighted by molar-refractivity contribution is 5.93. The minimum Gasteiger partial charge on any atom is -0.459 e. The first-order valence-electron chi connectivity index (χ1n) is 16.0. The summed E-state index contributed by atoms with van der Waals surface area (Å²) in [6.07, 6.45) is -7.41. The van der Waals surface area contributed by atoms with Gasteiger partial charge in [0, 0.05) is 31.1 Å². The van der Waals surface area contributed by atoms with Crippen molar-refractivity contribution in [3.63, 3.8) is 0 Å². The summed E-state index contributed by atoms with van der Waals surface area (Å²) in [6.45, 7) is 11.8. The minimum absolute atomic E-state index is 0.0161. The van der Waals surface area contributed by atoms with Gasteiger partial charge < -0.3 is 49.8 Å². The van der Waals surface area contributed by atoms with Crippen LogP contribution in [0.2, 0.25) is 0 Å². The van der Waals surface area contributed by atoms with Crippen molar-refractivity contribution in [2.24, 2.45) is 22.7 Å². The number of rotatable bonds is 8. The first-order chi connectivity index (χ1) is 21.7. The van der Waals surface area contributed by atoms with Crippen LogP contribution in [0.1, 0.15) is 68.2 Å². The lowest BCUT2D eigenvalue weighted by atomic mass is 9.45. The molecule has 47 heavy (non-hydrogen) atoms. The van der Waals surface area contributed by atoms with Gasteiger partial charge in [0.05, 0.1) is 30.3 Å². The van der Waals surface area contributed by atoms with E-state index in [0.717, 1.165) is 6.92 Å². The zero-order valence-corrected chi connectivity index (χ0v) is 28.2. The molecule has 14 heteroatoms. The van der Waals surface area contributed by atoms with Gasteiger partial charge in [-0.1, -0.05) is 39.8 Å². The molecule has 0 unspecified atom stereocenters. The van der Waals surface area contributed by atoms with Crippen molar-refractivity contribution < 1.29 is 63.7 Å². The van der Waals surface area contributed by atoms with Gasteiger partial charge in [-0.05, 0) is 37.8 Å². The van der Waals surface area contributed by atoms with Crippen molar-refractivity contribution in [2.75, 3.05) is 13.2 Å². The molecule has 2 bridgehead atoms. The number of carbonyl (C=O) groups is 4. The fourth-order valence-corrected chi connectivity index (χ4v) is 8.16. The summed E-state index contributed by atoms with van der Waals surface area (Å²) in [5, 5.41) is 61.4. The summed E-state index contributed by atoms with van der Waals surface area (Å²) in [5.41, 5.74) is -7.27. The summed E-state index contributed by atoms with van der Waals surface area (Å²) in [7, 11) is 0. The SMILES string of the molecule is C/C=C/COC(=O)N[C@@H](C(C)C)[C@@H](O)C(=O)O[C@H]1C[C@@]2(O)[C@@H](OC(C)=O)[C@@H]3[C@]4(O)CO[C@@H]4C[C@H](O)[C@@]3(C)C(=O)[C@H](O)C(=C1C)C2(C)C. The number of ether oxygens (including phenoxy) is 4. The fourth-order valence-electron chi connectivity index (χ4n) is 8.16. The molecule has 11 atom stereocenters. The molecule has 1 aliphatic heterocycles. The number of fused-ring (bicyclic) bond motifs is 5. The second-order valence-electron chi connectivity index (χ2n) is 14.4. The van der Waals surface area contributed by atoms with Gasteiger partial charge in [-0.3, -0.25) is 9.59 Å². The molecule has 1 amide bonds. The first-order valence-corrected chi connectivity index (χ1v) is 16.0. The molecular formula is C33H49NO13. The number of hydrogen-bond donors (Lipinski definition) is 6. The van der Waals surface area contributed by atoms with E-state index in [0.29, 0.717) is 0 Å². The van der Waals surface area contributed by atoms with Crippen molar-refractivity contribution in [2.45, 2.75) is 122 Å². The van der Waals surface area contributed by atoms with Crippen LogP contribution in [-0.4, -0.2) is 116 Å². The largest absolute Gasteiger partial charge is 0.459 e. The normalized spacial score (nSPS) is 39.1. The number of hydrogen-bond acceptors (Lipinski definition) is 13. The van der Waals surface area contributed by atoms with Crippen LogP contribution < -0.4 is 5.32 Å². The van der Waals surface area contributed by atoms with Gasteiger partial charge in [0.15, 0.2) is 11.9 Å². The third kappa shape index (κ3) is 5.80. The molecule has 1 heterocycles. The van der Waals surface area contributed by atoms with E-state index in [9.17, 15) is 44.7 Å². The molecule has 0 spiro atoms. The standard InChI is InChI=1S/C33H49NO13/c1-9-10-11-44-29(41)34-22(15(2)3)24(38)28(40)47-18-13-33(43)27(46-17(5)35)25-31(8,19(36)12-20-32(25,42)14-45-20)26(39)23(37)21(16(18)4)30(33,6)7/h9-10,15,18-20,22-25,27,36-38,42-43H,11-14H2,1-8H3,(H,34,41)/b10-9+/t18-,19-,20+,22-,23+,24+,25-,27-,31+,32-,33+/m0/s1. The van der Waals surface area contributed by atoms with Crippen LogP contribution in [0.25, 0.3) is 0 Å². The number of ketones is 1. The Bertz CT molecular complexity index is 1340. The lowest BCUT2D eigenvalue weighted by molar-refractivity contribution is -0.345. The maximum Gasteiger partial charge on any atom is 0.407 e. The Labute approximate surface area is 274 Å². The second kappa shape index (κ2) is 12.9.